The number of carbonyl (C=O) groups is 1. The van der Waals surface area contributed by atoms with Crippen LogP contribution < -0.4 is 4.74 Å². The molecule has 0 radical (unpaired) electrons. The van der Waals surface area contributed by atoms with Gasteiger partial charge in [-0.05, 0) is 68.0 Å². The first kappa shape index (κ1) is 30.6. The van der Waals surface area contributed by atoms with Gasteiger partial charge < -0.3 is 23.8 Å². The minimum atomic E-state index is -0.533. The van der Waals surface area contributed by atoms with E-state index in [1.165, 1.54) is 16.7 Å². The Kier molecular flexibility index (Phi) is 11.2. The fourth-order valence-corrected chi connectivity index (χ4v) is 4.96. The molecule has 220 valence electrons. The smallest absolute Gasteiger partial charge is 0.410 e. The molecule has 6 nitrogen and oxygen atoms in total. The van der Waals surface area contributed by atoms with Crippen molar-refractivity contribution in [3.05, 3.63) is 101 Å². The number of piperidine rings is 1. The highest BCUT2D eigenvalue weighted by Crippen LogP contribution is 2.33. The molecule has 1 heterocycles. The Balaban J connectivity index is 1.32. The topological polar surface area (TPSA) is 57.2 Å². The van der Waals surface area contributed by atoms with Gasteiger partial charge in [-0.25, -0.2) is 4.79 Å². The van der Waals surface area contributed by atoms with Crippen molar-refractivity contribution in [1.29, 1.82) is 0 Å². The molecule has 6 heteroatoms. The lowest BCUT2D eigenvalue weighted by Crippen LogP contribution is -2.48. The molecule has 1 amide bonds. The number of hydrogen-bond acceptors (Lipinski definition) is 5. The number of ether oxygens (including phenoxy) is 4. The summed E-state index contributed by atoms with van der Waals surface area (Å²) in [5, 5.41) is 0. The van der Waals surface area contributed by atoms with Crippen LogP contribution in [0.2, 0.25) is 0 Å². The van der Waals surface area contributed by atoms with Gasteiger partial charge in [-0.1, -0.05) is 73.7 Å². The molecule has 0 aliphatic carbocycles. The zero-order valence-electron chi connectivity index (χ0n) is 25.0. The van der Waals surface area contributed by atoms with Gasteiger partial charge in [-0.15, -0.1) is 0 Å². The third kappa shape index (κ3) is 9.91. The van der Waals surface area contributed by atoms with Crippen LogP contribution in [-0.4, -0.2) is 49.0 Å². The van der Waals surface area contributed by atoms with Gasteiger partial charge in [0.25, 0.3) is 0 Å². The standard InChI is InChI=1S/C35H45NO5/c1-5-27-12-14-29(15-13-27)26-40-33-24-36(34(37)41-35(2,3)4)21-20-32(33)30-16-18-31(19-17-30)39-23-9-22-38-25-28-10-7-6-8-11-28/h6-8,10-19,32-33H,5,9,20-26H2,1-4H3. The third-order valence-electron chi connectivity index (χ3n) is 7.23. The van der Waals surface area contributed by atoms with E-state index in [0.717, 1.165) is 30.6 Å². The van der Waals surface area contributed by atoms with Gasteiger partial charge in [0.15, 0.2) is 0 Å². The van der Waals surface area contributed by atoms with Crippen LogP contribution in [0.15, 0.2) is 78.9 Å². The highest BCUT2D eigenvalue weighted by atomic mass is 16.6. The summed E-state index contributed by atoms with van der Waals surface area (Å²) < 4.78 is 23.9. The average Bonchev–Trinajstić information content (AvgIpc) is 2.98. The Morgan fingerprint density at radius 1 is 0.854 bits per heavy atom. The molecule has 1 saturated heterocycles. The maximum Gasteiger partial charge on any atom is 0.410 e. The van der Waals surface area contributed by atoms with Crippen LogP contribution in [0.3, 0.4) is 0 Å². The molecule has 0 bridgehead atoms. The second-order valence-electron chi connectivity index (χ2n) is 11.7. The molecule has 1 aliphatic heterocycles. The monoisotopic (exact) mass is 559 g/mol. The predicted octanol–water partition coefficient (Wildman–Crippen LogP) is 7.54. The second kappa shape index (κ2) is 15.0. The Labute approximate surface area is 245 Å². The van der Waals surface area contributed by atoms with Crippen molar-refractivity contribution in [2.24, 2.45) is 0 Å². The third-order valence-corrected chi connectivity index (χ3v) is 7.23. The molecule has 2 unspecified atom stereocenters. The molecule has 41 heavy (non-hydrogen) atoms. The molecule has 3 aromatic rings. The number of benzene rings is 3. The predicted molar refractivity (Wildman–Crippen MR) is 162 cm³/mol. The number of likely N-dealkylation sites (tertiary alicyclic amines) is 1. The molecular weight excluding hydrogens is 514 g/mol. The lowest BCUT2D eigenvalue weighted by Gasteiger charge is -2.39. The molecule has 0 N–H and O–H groups in total. The summed E-state index contributed by atoms with van der Waals surface area (Å²) in [6.07, 6.45) is 2.21. The SMILES string of the molecule is CCc1ccc(COC2CN(C(=O)OC(C)(C)C)CCC2c2ccc(OCCCOCc3ccccc3)cc2)cc1. The van der Waals surface area contributed by atoms with Crippen LogP contribution in [0.25, 0.3) is 0 Å². The van der Waals surface area contributed by atoms with Gasteiger partial charge in [-0.3, -0.25) is 0 Å². The first-order valence-corrected chi connectivity index (χ1v) is 14.8. The number of aryl methyl sites for hydroxylation is 1. The summed E-state index contributed by atoms with van der Waals surface area (Å²) in [6, 6.07) is 27.1. The molecule has 3 aromatic carbocycles. The van der Waals surface area contributed by atoms with Gasteiger partial charge in [-0.2, -0.15) is 0 Å². The van der Waals surface area contributed by atoms with Gasteiger partial charge in [0, 0.05) is 18.9 Å². The van der Waals surface area contributed by atoms with E-state index in [1.807, 2.05) is 51.1 Å². The second-order valence-corrected chi connectivity index (χ2v) is 11.7. The minimum absolute atomic E-state index is 0.143. The number of amides is 1. The average molecular weight is 560 g/mol. The minimum Gasteiger partial charge on any atom is -0.494 e. The summed E-state index contributed by atoms with van der Waals surface area (Å²) in [5.74, 6) is 1.01. The van der Waals surface area contributed by atoms with E-state index in [1.54, 1.807) is 4.90 Å². The van der Waals surface area contributed by atoms with E-state index in [9.17, 15) is 4.79 Å². The maximum absolute atomic E-state index is 12.9. The maximum atomic E-state index is 12.9. The van der Waals surface area contributed by atoms with Crippen LogP contribution in [0.4, 0.5) is 4.79 Å². The number of nitrogens with zero attached hydrogens (tertiary/aromatic N) is 1. The van der Waals surface area contributed by atoms with E-state index in [4.69, 9.17) is 18.9 Å². The van der Waals surface area contributed by atoms with Gasteiger partial charge in [0.05, 0.1) is 39.1 Å². The summed E-state index contributed by atoms with van der Waals surface area (Å²) in [6.45, 7) is 11.3. The summed E-state index contributed by atoms with van der Waals surface area (Å²) in [5.41, 5.74) is 4.28. The largest absolute Gasteiger partial charge is 0.494 e. The molecule has 2 atom stereocenters. The molecule has 1 aliphatic rings. The van der Waals surface area contributed by atoms with Crippen LogP contribution in [0, 0.1) is 0 Å². The normalized spacial score (nSPS) is 17.3. The summed E-state index contributed by atoms with van der Waals surface area (Å²) >= 11 is 0. The zero-order valence-corrected chi connectivity index (χ0v) is 25.0. The van der Waals surface area contributed by atoms with Crippen LogP contribution in [0.5, 0.6) is 5.75 Å². The van der Waals surface area contributed by atoms with Crippen LogP contribution in [-0.2, 0) is 33.8 Å². The lowest BCUT2D eigenvalue weighted by atomic mass is 9.87. The highest BCUT2D eigenvalue weighted by Gasteiger charge is 2.35. The zero-order chi connectivity index (χ0) is 29.1. The van der Waals surface area contributed by atoms with Crippen molar-refractivity contribution in [2.45, 2.75) is 77.8 Å². The summed E-state index contributed by atoms with van der Waals surface area (Å²) in [7, 11) is 0. The molecule has 4 rings (SSSR count). The van der Waals surface area contributed by atoms with Crippen LogP contribution in [0.1, 0.15) is 68.7 Å². The van der Waals surface area contributed by atoms with Crippen LogP contribution >= 0.6 is 0 Å². The van der Waals surface area contributed by atoms with Crippen molar-refractivity contribution in [3.63, 3.8) is 0 Å². The number of rotatable bonds is 12. The first-order valence-electron chi connectivity index (χ1n) is 14.8. The number of carbonyl (C=O) groups excluding carboxylic acids is 1. The fraction of sp³-hybridized carbons (Fsp3) is 0.457. The van der Waals surface area contributed by atoms with Gasteiger partial charge in [0.2, 0.25) is 0 Å². The van der Waals surface area contributed by atoms with Gasteiger partial charge in [0.1, 0.15) is 11.4 Å². The highest BCUT2D eigenvalue weighted by molar-refractivity contribution is 5.68. The Hall–Kier alpha value is -3.35. The van der Waals surface area contributed by atoms with E-state index in [-0.39, 0.29) is 18.1 Å². The molecule has 0 aromatic heterocycles. The van der Waals surface area contributed by atoms with E-state index >= 15 is 0 Å². The lowest BCUT2D eigenvalue weighted by molar-refractivity contribution is -0.0359. The molecule has 0 spiro atoms. The first-order chi connectivity index (χ1) is 19.8. The number of hydrogen-bond donors (Lipinski definition) is 0. The van der Waals surface area contributed by atoms with E-state index in [2.05, 4.69) is 55.5 Å². The Morgan fingerprint density at radius 3 is 2.22 bits per heavy atom. The van der Waals surface area contributed by atoms with Gasteiger partial charge >= 0.3 is 6.09 Å². The Bertz CT molecular complexity index is 1190. The fourth-order valence-electron chi connectivity index (χ4n) is 4.96. The van der Waals surface area contributed by atoms with Crippen molar-refractivity contribution in [2.75, 3.05) is 26.3 Å². The molecular formula is C35H45NO5. The Morgan fingerprint density at radius 2 is 1.54 bits per heavy atom. The summed E-state index contributed by atoms with van der Waals surface area (Å²) in [4.78, 5) is 14.6. The van der Waals surface area contributed by atoms with Crippen molar-refractivity contribution in [1.82, 2.24) is 4.90 Å². The van der Waals surface area contributed by atoms with E-state index < -0.39 is 5.60 Å². The quantitative estimate of drug-likeness (QED) is 0.215. The molecule has 1 fully saturated rings. The van der Waals surface area contributed by atoms with Crippen molar-refractivity contribution < 1.29 is 23.7 Å². The van der Waals surface area contributed by atoms with Crippen molar-refractivity contribution in [3.8, 4) is 5.75 Å². The van der Waals surface area contributed by atoms with E-state index in [0.29, 0.717) is 39.5 Å². The molecule has 0 saturated carbocycles. The van der Waals surface area contributed by atoms with Crippen molar-refractivity contribution >= 4 is 6.09 Å².